The quantitative estimate of drug-likeness (QED) is 0.443. The zero-order chi connectivity index (χ0) is 27.8. The van der Waals surface area contributed by atoms with E-state index < -0.39 is 8.32 Å². The van der Waals surface area contributed by atoms with Gasteiger partial charge in [0.15, 0.2) is 8.32 Å². The second-order valence-electron chi connectivity index (χ2n) is 12.5. The molecular weight excluding hydrogens is 492 g/mol. The molecule has 4 rings (SSSR count). The molecule has 38 heavy (non-hydrogen) atoms. The first-order valence-corrected chi connectivity index (χ1v) is 16.4. The number of benzene rings is 1. The fourth-order valence-corrected chi connectivity index (χ4v) is 6.79. The van der Waals surface area contributed by atoms with E-state index in [1.165, 1.54) is 5.56 Å². The van der Waals surface area contributed by atoms with Crippen LogP contribution in [-0.2, 0) is 9.96 Å². The van der Waals surface area contributed by atoms with Gasteiger partial charge in [0.05, 0.1) is 36.8 Å². The van der Waals surface area contributed by atoms with E-state index in [9.17, 15) is 4.79 Å². The Morgan fingerprint density at radius 3 is 2.21 bits per heavy atom. The van der Waals surface area contributed by atoms with Crippen LogP contribution >= 0.6 is 0 Å². The van der Waals surface area contributed by atoms with E-state index in [0.717, 1.165) is 25.7 Å². The van der Waals surface area contributed by atoms with Crippen molar-refractivity contribution in [2.45, 2.75) is 75.7 Å². The minimum absolute atomic E-state index is 0.0331. The van der Waals surface area contributed by atoms with Crippen LogP contribution < -0.4 is 4.90 Å². The van der Waals surface area contributed by atoms with Gasteiger partial charge in [0.2, 0.25) is 5.82 Å². The van der Waals surface area contributed by atoms with Gasteiger partial charge in [0.25, 0.3) is 0 Å². The fraction of sp³-hybridized carbons (Fsp3) is 0.586. The van der Waals surface area contributed by atoms with Crippen LogP contribution in [0.25, 0.3) is 0 Å². The summed E-state index contributed by atoms with van der Waals surface area (Å²) < 4.78 is 6.52. The first-order chi connectivity index (χ1) is 17.9. The number of anilines is 1. The smallest absolute Gasteiger partial charge is 0.325 e. The molecule has 204 valence electrons. The number of rotatable bonds is 7. The van der Waals surface area contributed by atoms with Crippen LogP contribution in [0.3, 0.4) is 0 Å². The summed E-state index contributed by atoms with van der Waals surface area (Å²) in [5.74, 6) is 0.103. The Labute approximate surface area is 228 Å². The lowest BCUT2D eigenvalue weighted by Gasteiger charge is -2.51. The fourth-order valence-electron chi connectivity index (χ4n) is 5.76. The number of carbonyl (C=O) groups is 1. The molecule has 1 aromatic heterocycles. The number of hydrogen-bond donors (Lipinski definition) is 0. The standard InChI is InChI=1S/C29H42N6O2Si/c1-27(2,3)38(6,7)37-18-17-35-26(36)34(24-20-31-25(19-30)32-21-24)22-28(35)13-15-29(16-14-28,33(4)5)23-11-9-8-10-12-23/h8-12,20-21H,13-18,22H2,1-7H3/t28-,29-. The summed E-state index contributed by atoms with van der Waals surface area (Å²) >= 11 is 0. The third-order valence-corrected chi connectivity index (χ3v) is 13.8. The molecule has 0 bridgehead atoms. The zero-order valence-corrected chi connectivity index (χ0v) is 25.0. The highest BCUT2D eigenvalue weighted by Crippen LogP contribution is 2.49. The summed E-state index contributed by atoms with van der Waals surface area (Å²) in [6, 6.07) is 12.7. The minimum atomic E-state index is -1.94. The predicted molar refractivity (Wildman–Crippen MR) is 152 cm³/mol. The monoisotopic (exact) mass is 534 g/mol. The first-order valence-electron chi connectivity index (χ1n) is 13.5. The Bertz CT molecular complexity index is 1160. The second-order valence-corrected chi connectivity index (χ2v) is 17.3. The average Bonchev–Trinajstić information content (AvgIpc) is 3.15. The highest BCUT2D eigenvalue weighted by molar-refractivity contribution is 6.74. The number of nitrogens with zero attached hydrogens (tertiary/aromatic N) is 6. The molecule has 0 radical (unpaired) electrons. The van der Waals surface area contributed by atoms with Crippen LogP contribution in [0.15, 0.2) is 42.7 Å². The number of carbonyl (C=O) groups excluding carboxylic acids is 1. The second kappa shape index (κ2) is 10.4. The van der Waals surface area contributed by atoms with Crippen LogP contribution in [0.1, 0.15) is 57.8 Å². The summed E-state index contributed by atoms with van der Waals surface area (Å²) in [6.45, 7) is 12.9. The van der Waals surface area contributed by atoms with E-state index in [-0.39, 0.29) is 28.0 Å². The molecule has 0 N–H and O–H groups in total. The van der Waals surface area contributed by atoms with Crippen LogP contribution in [0, 0.1) is 11.3 Å². The lowest BCUT2D eigenvalue weighted by atomic mass is 9.68. The molecule has 2 amide bonds. The molecule has 1 aromatic carbocycles. The van der Waals surface area contributed by atoms with Crippen molar-refractivity contribution in [2.75, 3.05) is 38.7 Å². The number of nitriles is 1. The number of urea groups is 1. The molecule has 2 fully saturated rings. The van der Waals surface area contributed by atoms with Crippen LogP contribution in [0.5, 0.6) is 0 Å². The number of hydrogen-bond acceptors (Lipinski definition) is 6. The molecule has 2 aromatic rings. The molecule has 0 atom stereocenters. The predicted octanol–water partition coefficient (Wildman–Crippen LogP) is 5.38. The SMILES string of the molecule is CN(C)[C@]1(c2ccccc2)CC[C@@]2(CC1)CN(c1cnc(C#N)nc1)C(=O)N2CCO[Si](C)(C)C(C)(C)C. The molecule has 0 unspecified atom stereocenters. The van der Waals surface area contributed by atoms with Crippen molar-refractivity contribution in [1.82, 2.24) is 19.8 Å². The van der Waals surface area contributed by atoms with E-state index in [2.05, 4.69) is 98.1 Å². The normalized spacial score (nSPS) is 24.3. The number of amides is 2. The lowest BCUT2D eigenvalue weighted by Crippen LogP contribution is -2.56. The molecule has 1 spiro atoms. The van der Waals surface area contributed by atoms with E-state index in [1.54, 1.807) is 17.3 Å². The molecule has 2 heterocycles. The van der Waals surface area contributed by atoms with Gasteiger partial charge in [-0.1, -0.05) is 51.1 Å². The third kappa shape index (κ3) is 5.09. The van der Waals surface area contributed by atoms with Crippen LogP contribution in [0.2, 0.25) is 18.1 Å². The summed E-state index contributed by atoms with van der Waals surface area (Å²) in [7, 11) is 2.38. The van der Waals surface area contributed by atoms with Gasteiger partial charge < -0.3 is 9.33 Å². The molecule has 1 saturated heterocycles. The molecule has 8 nitrogen and oxygen atoms in total. The Hall–Kier alpha value is -2.80. The Morgan fingerprint density at radius 1 is 1.08 bits per heavy atom. The average molecular weight is 535 g/mol. The van der Waals surface area contributed by atoms with E-state index >= 15 is 0 Å². The van der Waals surface area contributed by atoms with Crippen molar-refractivity contribution in [1.29, 1.82) is 5.26 Å². The summed E-state index contributed by atoms with van der Waals surface area (Å²) in [5.41, 5.74) is 1.60. The highest BCUT2D eigenvalue weighted by atomic mass is 28.4. The Balaban J connectivity index is 1.61. The number of aromatic nitrogens is 2. The van der Waals surface area contributed by atoms with Gasteiger partial charge in [0.1, 0.15) is 6.07 Å². The van der Waals surface area contributed by atoms with Crippen molar-refractivity contribution in [2.24, 2.45) is 0 Å². The van der Waals surface area contributed by atoms with Gasteiger partial charge in [0, 0.05) is 12.1 Å². The molecular formula is C29H42N6O2Si. The zero-order valence-electron chi connectivity index (χ0n) is 24.0. The molecule has 1 saturated carbocycles. The lowest BCUT2D eigenvalue weighted by molar-refractivity contribution is 0.0222. The van der Waals surface area contributed by atoms with Gasteiger partial charge in [-0.3, -0.25) is 9.80 Å². The topological polar surface area (TPSA) is 85.6 Å². The molecule has 1 aliphatic heterocycles. The summed E-state index contributed by atoms with van der Waals surface area (Å²) in [6.07, 6.45) is 6.86. The highest BCUT2D eigenvalue weighted by Gasteiger charge is 2.55. The first kappa shape index (κ1) is 28.2. The van der Waals surface area contributed by atoms with E-state index in [1.807, 2.05) is 6.07 Å². The maximum Gasteiger partial charge on any atom is 0.325 e. The summed E-state index contributed by atoms with van der Waals surface area (Å²) in [5, 5.41) is 9.22. The molecule has 9 heteroatoms. The molecule has 2 aliphatic rings. The van der Waals surface area contributed by atoms with Gasteiger partial charge in [-0.15, -0.1) is 0 Å². The van der Waals surface area contributed by atoms with Gasteiger partial charge in [-0.2, -0.15) is 5.26 Å². The third-order valence-electron chi connectivity index (χ3n) is 9.30. The maximum atomic E-state index is 13.9. The maximum absolute atomic E-state index is 13.9. The molecule has 1 aliphatic carbocycles. The largest absolute Gasteiger partial charge is 0.415 e. The van der Waals surface area contributed by atoms with Crippen molar-refractivity contribution < 1.29 is 9.22 Å². The van der Waals surface area contributed by atoms with Gasteiger partial charge in [-0.25, -0.2) is 14.8 Å². The summed E-state index contributed by atoms with van der Waals surface area (Å²) in [4.78, 5) is 28.4. The van der Waals surface area contributed by atoms with Gasteiger partial charge in [-0.05, 0) is 63.5 Å². The van der Waals surface area contributed by atoms with E-state index in [4.69, 9.17) is 9.69 Å². The van der Waals surface area contributed by atoms with Crippen molar-refractivity contribution >= 4 is 20.0 Å². The van der Waals surface area contributed by atoms with Crippen molar-refractivity contribution in [3.8, 4) is 6.07 Å². The minimum Gasteiger partial charge on any atom is -0.415 e. The Morgan fingerprint density at radius 2 is 1.68 bits per heavy atom. The van der Waals surface area contributed by atoms with Crippen LogP contribution in [0.4, 0.5) is 10.5 Å². The van der Waals surface area contributed by atoms with Gasteiger partial charge >= 0.3 is 6.03 Å². The Kier molecular flexibility index (Phi) is 7.72. The van der Waals surface area contributed by atoms with Crippen molar-refractivity contribution in [3.63, 3.8) is 0 Å². The van der Waals surface area contributed by atoms with Crippen LogP contribution in [-0.4, -0.2) is 73.4 Å². The van der Waals surface area contributed by atoms with Crippen molar-refractivity contribution in [3.05, 3.63) is 54.1 Å². The van der Waals surface area contributed by atoms with E-state index in [0.29, 0.717) is 25.4 Å².